The summed E-state index contributed by atoms with van der Waals surface area (Å²) in [5, 5.41) is 0. The van der Waals surface area contributed by atoms with Crippen LogP contribution in [0.5, 0.6) is 17.2 Å². The molecule has 0 fully saturated rings. The number of allylic oxidation sites excluding steroid dienone is 2. The van der Waals surface area contributed by atoms with Crippen LogP contribution in [0.4, 0.5) is 0 Å². The number of carbonyl (C=O) groups is 2. The van der Waals surface area contributed by atoms with Crippen molar-refractivity contribution in [3.8, 4) is 17.2 Å². The predicted molar refractivity (Wildman–Crippen MR) is 175 cm³/mol. The minimum atomic E-state index is -0.613. The Labute approximate surface area is 269 Å². The van der Waals surface area contributed by atoms with Crippen LogP contribution in [0.2, 0.25) is 0 Å². The van der Waals surface area contributed by atoms with Crippen molar-refractivity contribution in [1.82, 2.24) is 0 Å². The van der Waals surface area contributed by atoms with Gasteiger partial charge in [-0.05, 0) is 68.4 Å². The lowest BCUT2D eigenvalue weighted by Crippen LogP contribution is -2.40. The summed E-state index contributed by atoms with van der Waals surface area (Å²) in [5.74, 6) is 1.55. The van der Waals surface area contributed by atoms with Gasteiger partial charge in [0.05, 0.1) is 13.2 Å². The lowest BCUT2D eigenvalue weighted by atomic mass is 9.66. The summed E-state index contributed by atoms with van der Waals surface area (Å²) in [6.07, 6.45) is 12.1. The Hall–Kier alpha value is -3.36. The fraction of sp³-hybridized carbons (Fsp3) is 0.568. The van der Waals surface area contributed by atoms with Crippen LogP contribution in [0.3, 0.4) is 0 Å². The third-order valence-electron chi connectivity index (χ3n) is 8.47. The molecule has 0 radical (unpaired) electrons. The zero-order valence-electron chi connectivity index (χ0n) is 27.8. The highest BCUT2D eigenvalue weighted by Crippen LogP contribution is 2.49. The summed E-state index contributed by atoms with van der Waals surface area (Å²) in [4.78, 5) is 24.7. The van der Waals surface area contributed by atoms with Crippen LogP contribution >= 0.6 is 0 Å². The largest absolute Gasteiger partial charge is 0.492 e. The van der Waals surface area contributed by atoms with E-state index in [9.17, 15) is 9.59 Å². The maximum Gasteiger partial charge on any atom is 0.316 e. The standard InChI is InChI=1S/C37H52O8/c1-6-15-34(38)32(36(39)42-7-2)16-13-11-9-8-10-12-14-17-33-31-23-22-30(45-27-41-5)24-35(31)43-25-37(33,3)28-18-20-29(21-19-28)44-26-40-4/h12,14,18-24,32-33H,6-11,13,15-17,25-27H2,1-5H3/b14-12+. The molecule has 2 aromatic rings. The van der Waals surface area contributed by atoms with Crippen molar-refractivity contribution in [3.05, 3.63) is 65.7 Å². The molecular weight excluding hydrogens is 572 g/mol. The zero-order chi connectivity index (χ0) is 32.5. The smallest absolute Gasteiger partial charge is 0.316 e. The Balaban J connectivity index is 1.61. The number of carbonyl (C=O) groups excluding carboxylic acids is 2. The number of benzene rings is 2. The van der Waals surface area contributed by atoms with Gasteiger partial charge in [-0.2, -0.15) is 0 Å². The van der Waals surface area contributed by atoms with E-state index in [0.29, 0.717) is 26.1 Å². The van der Waals surface area contributed by atoms with E-state index >= 15 is 0 Å². The van der Waals surface area contributed by atoms with E-state index in [-0.39, 0.29) is 36.7 Å². The van der Waals surface area contributed by atoms with Crippen molar-refractivity contribution >= 4 is 11.8 Å². The van der Waals surface area contributed by atoms with E-state index in [1.807, 2.05) is 31.2 Å². The molecule has 0 bridgehead atoms. The minimum absolute atomic E-state index is 0.00895. The molecule has 0 saturated carbocycles. The highest BCUT2D eigenvalue weighted by molar-refractivity contribution is 5.98. The first kappa shape index (κ1) is 36.1. The summed E-state index contributed by atoms with van der Waals surface area (Å²) >= 11 is 0. The van der Waals surface area contributed by atoms with Gasteiger partial charge in [-0.3, -0.25) is 9.59 Å². The average Bonchev–Trinajstić information content (AvgIpc) is 3.04. The van der Waals surface area contributed by atoms with Crippen molar-refractivity contribution in [1.29, 1.82) is 0 Å². The number of unbranched alkanes of at least 4 members (excludes halogenated alkanes) is 4. The normalized spacial score (nSPS) is 18.2. The molecule has 0 amide bonds. The van der Waals surface area contributed by atoms with Crippen LogP contribution in [0.1, 0.15) is 95.6 Å². The summed E-state index contributed by atoms with van der Waals surface area (Å²) in [5.41, 5.74) is 2.10. The molecule has 1 aliphatic heterocycles. The summed E-state index contributed by atoms with van der Waals surface area (Å²) < 4.78 is 32.9. The molecule has 2 aromatic carbocycles. The molecule has 1 aliphatic rings. The van der Waals surface area contributed by atoms with Gasteiger partial charge in [0.1, 0.15) is 28.9 Å². The van der Waals surface area contributed by atoms with E-state index in [1.54, 1.807) is 21.1 Å². The molecule has 0 saturated heterocycles. The Morgan fingerprint density at radius 3 is 2.31 bits per heavy atom. The summed E-state index contributed by atoms with van der Waals surface area (Å²) in [6, 6.07) is 14.3. The molecule has 0 spiro atoms. The highest BCUT2D eigenvalue weighted by Gasteiger charge is 2.42. The molecule has 3 atom stereocenters. The van der Waals surface area contributed by atoms with E-state index in [0.717, 1.165) is 67.8 Å². The van der Waals surface area contributed by atoms with Crippen LogP contribution in [0.25, 0.3) is 0 Å². The Bertz CT molecular complexity index is 1190. The topological polar surface area (TPSA) is 89.5 Å². The van der Waals surface area contributed by atoms with Crippen LogP contribution in [0, 0.1) is 5.92 Å². The van der Waals surface area contributed by atoms with Crippen LogP contribution in [0.15, 0.2) is 54.6 Å². The Morgan fingerprint density at radius 1 is 0.933 bits per heavy atom. The quantitative estimate of drug-likeness (QED) is 0.0455. The fourth-order valence-electron chi connectivity index (χ4n) is 5.93. The first-order chi connectivity index (χ1) is 21.9. The number of fused-ring (bicyclic) bond motifs is 1. The van der Waals surface area contributed by atoms with Crippen LogP contribution in [-0.4, -0.2) is 52.8 Å². The minimum Gasteiger partial charge on any atom is -0.492 e. The van der Waals surface area contributed by atoms with E-state index < -0.39 is 5.92 Å². The van der Waals surface area contributed by atoms with Gasteiger partial charge >= 0.3 is 5.97 Å². The molecule has 3 unspecified atom stereocenters. The van der Waals surface area contributed by atoms with Gasteiger partial charge in [-0.15, -0.1) is 0 Å². The van der Waals surface area contributed by atoms with E-state index in [4.69, 9.17) is 28.4 Å². The molecule has 0 aromatic heterocycles. The SMILES string of the molecule is CCCC(=O)C(CCCCCC/C=C/CC1c2ccc(OCOC)cc2OCC1(C)c1ccc(OCOC)cc1)C(=O)OCC. The van der Waals surface area contributed by atoms with Gasteiger partial charge in [0.25, 0.3) is 0 Å². The predicted octanol–water partition coefficient (Wildman–Crippen LogP) is 7.92. The van der Waals surface area contributed by atoms with Crippen LogP contribution in [-0.2, 0) is 29.2 Å². The van der Waals surface area contributed by atoms with Crippen molar-refractivity contribution in [3.63, 3.8) is 0 Å². The number of hydrogen-bond acceptors (Lipinski definition) is 8. The fourth-order valence-corrected chi connectivity index (χ4v) is 5.93. The van der Waals surface area contributed by atoms with Gasteiger partial charge in [-0.25, -0.2) is 0 Å². The molecule has 248 valence electrons. The average molecular weight is 625 g/mol. The van der Waals surface area contributed by atoms with Gasteiger partial charge < -0.3 is 28.4 Å². The Morgan fingerprint density at radius 2 is 1.62 bits per heavy atom. The first-order valence-corrected chi connectivity index (χ1v) is 16.3. The maximum absolute atomic E-state index is 12.4. The van der Waals surface area contributed by atoms with Gasteiger partial charge in [0.2, 0.25) is 0 Å². The first-order valence-electron chi connectivity index (χ1n) is 16.3. The zero-order valence-corrected chi connectivity index (χ0v) is 27.8. The second-order valence-corrected chi connectivity index (χ2v) is 11.8. The molecular formula is C37H52O8. The van der Waals surface area contributed by atoms with E-state index in [2.05, 4.69) is 37.3 Å². The molecule has 1 heterocycles. The van der Waals surface area contributed by atoms with Gasteiger partial charge in [0.15, 0.2) is 13.6 Å². The third kappa shape index (κ3) is 10.6. The third-order valence-corrected chi connectivity index (χ3v) is 8.47. The molecule has 45 heavy (non-hydrogen) atoms. The lowest BCUT2D eigenvalue weighted by molar-refractivity contribution is -0.152. The Kier molecular flexibility index (Phi) is 15.4. The molecule has 8 heteroatoms. The highest BCUT2D eigenvalue weighted by atomic mass is 16.7. The molecule has 0 aliphatic carbocycles. The second-order valence-electron chi connectivity index (χ2n) is 11.8. The maximum atomic E-state index is 12.4. The van der Waals surface area contributed by atoms with Crippen molar-refractivity contribution in [2.75, 3.05) is 41.0 Å². The molecule has 8 nitrogen and oxygen atoms in total. The monoisotopic (exact) mass is 624 g/mol. The molecule has 0 N–H and O–H groups in total. The van der Waals surface area contributed by atoms with Gasteiger partial charge in [-0.1, -0.05) is 63.5 Å². The second kappa shape index (κ2) is 19.2. The number of Topliss-reactive ketones (excluding diaryl/α,β-unsaturated/α-hetero) is 1. The van der Waals surface area contributed by atoms with Crippen molar-refractivity contribution in [2.24, 2.45) is 5.92 Å². The molecule has 3 rings (SSSR count). The number of rotatable bonds is 21. The number of methoxy groups -OCH3 is 2. The number of ketones is 1. The van der Waals surface area contributed by atoms with Crippen molar-refractivity contribution < 1.29 is 38.0 Å². The number of esters is 1. The van der Waals surface area contributed by atoms with E-state index in [1.165, 1.54) is 5.56 Å². The summed E-state index contributed by atoms with van der Waals surface area (Å²) in [7, 11) is 3.21. The van der Waals surface area contributed by atoms with Crippen LogP contribution < -0.4 is 14.2 Å². The number of hydrogen-bond donors (Lipinski definition) is 0. The number of ether oxygens (including phenoxy) is 6. The summed E-state index contributed by atoms with van der Waals surface area (Å²) in [6.45, 7) is 7.24. The van der Waals surface area contributed by atoms with Crippen molar-refractivity contribution in [2.45, 2.75) is 89.9 Å². The van der Waals surface area contributed by atoms with Gasteiger partial charge in [0, 0.05) is 38.0 Å². The lowest BCUT2D eigenvalue weighted by Gasteiger charge is -2.42.